The number of nitrogens with one attached hydrogen (secondary N) is 3. The third-order valence-electron chi connectivity index (χ3n) is 5.11. The van der Waals surface area contributed by atoms with Gasteiger partial charge in [-0.25, -0.2) is 0 Å². The number of hydrogen-bond donors (Lipinski definition) is 3. The van der Waals surface area contributed by atoms with Crippen LogP contribution in [0.25, 0.3) is 0 Å². The quantitative estimate of drug-likeness (QED) is 0.532. The van der Waals surface area contributed by atoms with Gasteiger partial charge in [0.1, 0.15) is 0 Å². The van der Waals surface area contributed by atoms with Crippen LogP contribution in [0, 0.1) is 5.92 Å². The second-order valence-corrected chi connectivity index (χ2v) is 10.5. The van der Waals surface area contributed by atoms with E-state index < -0.39 is 0 Å². The van der Waals surface area contributed by atoms with E-state index in [0.29, 0.717) is 6.04 Å². The van der Waals surface area contributed by atoms with Gasteiger partial charge in [-0.1, -0.05) is 18.9 Å². The maximum atomic E-state index is 12.1. The largest absolute Gasteiger partial charge is 0.385 e. The molecule has 0 saturated heterocycles. The van der Waals surface area contributed by atoms with Gasteiger partial charge in [-0.3, -0.25) is 9.52 Å². The molecule has 5 heteroatoms. The van der Waals surface area contributed by atoms with Gasteiger partial charge in [0.2, 0.25) is 0 Å². The lowest BCUT2D eigenvalue weighted by Gasteiger charge is -2.31. The summed E-state index contributed by atoms with van der Waals surface area (Å²) in [7, 11) is 0. The maximum absolute atomic E-state index is 12.1. The summed E-state index contributed by atoms with van der Waals surface area (Å²) < 4.78 is 3.92. The lowest BCUT2D eigenvalue weighted by atomic mass is 9.86. The van der Waals surface area contributed by atoms with Crippen LogP contribution in [0.3, 0.4) is 0 Å². The number of carbonyl (C=O) groups is 1. The van der Waals surface area contributed by atoms with Crippen molar-refractivity contribution in [1.29, 1.82) is 0 Å². The summed E-state index contributed by atoms with van der Waals surface area (Å²) in [5.74, 6) is 0.742. The van der Waals surface area contributed by atoms with E-state index in [1.54, 1.807) is 0 Å². The fourth-order valence-corrected chi connectivity index (χ4v) is 3.91. The topological polar surface area (TPSA) is 53.2 Å². The minimum atomic E-state index is 0.00912. The van der Waals surface area contributed by atoms with E-state index in [-0.39, 0.29) is 16.7 Å². The van der Waals surface area contributed by atoms with Gasteiger partial charge in [-0.15, -0.1) is 0 Å². The first kappa shape index (κ1) is 22.1. The van der Waals surface area contributed by atoms with Gasteiger partial charge in [0.25, 0.3) is 5.91 Å². The molecule has 1 aromatic rings. The SMILES string of the molecule is CCC(C)NC(=O)c1ccc(NC[C@H]2CC[C@H](NSC(C)(C)C)CC2)cc1. The minimum absolute atomic E-state index is 0.00912. The molecule has 4 nitrogen and oxygen atoms in total. The van der Waals surface area contributed by atoms with Crippen LogP contribution in [0.1, 0.15) is 77.1 Å². The summed E-state index contributed by atoms with van der Waals surface area (Å²) >= 11 is 1.86. The molecule has 0 bridgehead atoms. The molecule has 0 aliphatic heterocycles. The highest BCUT2D eigenvalue weighted by Gasteiger charge is 2.22. The third-order valence-corrected chi connectivity index (χ3v) is 6.17. The van der Waals surface area contributed by atoms with Crippen LogP contribution in [0.4, 0.5) is 5.69 Å². The predicted octanol–water partition coefficient (Wildman–Crippen LogP) is 5.22. The molecule has 0 spiro atoms. The lowest BCUT2D eigenvalue weighted by molar-refractivity contribution is 0.0939. The van der Waals surface area contributed by atoms with Crippen molar-refractivity contribution in [3.63, 3.8) is 0 Å². The zero-order valence-corrected chi connectivity index (χ0v) is 18.4. The molecular weight excluding hydrogens is 354 g/mol. The first-order valence-corrected chi connectivity index (χ1v) is 11.2. The average molecular weight is 392 g/mol. The second kappa shape index (κ2) is 10.4. The third kappa shape index (κ3) is 8.14. The van der Waals surface area contributed by atoms with Gasteiger partial charge in [-0.05, 0) is 90.0 Å². The minimum Gasteiger partial charge on any atom is -0.385 e. The summed E-state index contributed by atoms with van der Waals surface area (Å²) in [6.45, 7) is 11.9. The van der Waals surface area contributed by atoms with E-state index in [1.807, 2.05) is 43.1 Å². The molecule has 1 saturated carbocycles. The van der Waals surface area contributed by atoms with Crippen molar-refractivity contribution in [3.8, 4) is 0 Å². The van der Waals surface area contributed by atoms with Crippen molar-refractivity contribution < 1.29 is 4.79 Å². The molecular formula is C22H37N3OS. The first-order chi connectivity index (χ1) is 12.8. The van der Waals surface area contributed by atoms with Crippen LogP contribution >= 0.6 is 11.9 Å². The summed E-state index contributed by atoms with van der Waals surface area (Å²) in [5, 5.41) is 6.55. The molecule has 1 atom stereocenters. The number of hydrogen-bond acceptors (Lipinski definition) is 4. The summed E-state index contributed by atoms with van der Waals surface area (Å²) in [6, 6.07) is 8.70. The molecule has 3 N–H and O–H groups in total. The number of rotatable bonds is 8. The molecule has 1 aromatic carbocycles. The van der Waals surface area contributed by atoms with E-state index in [1.165, 1.54) is 25.7 Å². The smallest absolute Gasteiger partial charge is 0.251 e. The maximum Gasteiger partial charge on any atom is 0.251 e. The molecule has 1 amide bonds. The monoisotopic (exact) mass is 391 g/mol. The van der Waals surface area contributed by atoms with Gasteiger partial charge in [0, 0.05) is 34.6 Å². The Morgan fingerprint density at radius 2 is 1.78 bits per heavy atom. The van der Waals surface area contributed by atoms with E-state index in [0.717, 1.165) is 30.1 Å². The fraction of sp³-hybridized carbons (Fsp3) is 0.682. The zero-order chi connectivity index (χ0) is 19.9. The Bertz CT molecular complexity index is 574. The highest BCUT2D eigenvalue weighted by molar-refractivity contribution is 7.98. The standard InChI is InChI=1S/C22H37N3OS/c1-6-16(2)24-21(26)18-9-13-19(14-10-18)23-15-17-7-11-20(12-8-17)25-27-22(3,4)5/h9-10,13-14,16-17,20,23,25H,6-8,11-12,15H2,1-5H3,(H,24,26)/t16?,17-,20-. The van der Waals surface area contributed by atoms with Gasteiger partial charge in [0.15, 0.2) is 0 Å². The predicted molar refractivity (Wildman–Crippen MR) is 118 cm³/mol. The van der Waals surface area contributed by atoms with E-state index in [2.05, 4.69) is 43.1 Å². The van der Waals surface area contributed by atoms with Crippen LogP contribution in [-0.4, -0.2) is 29.3 Å². The first-order valence-electron chi connectivity index (χ1n) is 10.3. The van der Waals surface area contributed by atoms with Crippen LogP contribution in [0.2, 0.25) is 0 Å². The molecule has 0 heterocycles. The summed E-state index contributed by atoms with van der Waals surface area (Å²) in [5.41, 5.74) is 1.82. The van der Waals surface area contributed by atoms with Crippen LogP contribution in [0.5, 0.6) is 0 Å². The Kier molecular flexibility index (Phi) is 8.49. The van der Waals surface area contributed by atoms with Crippen molar-refractivity contribution >= 4 is 23.5 Å². The number of anilines is 1. The summed E-state index contributed by atoms with van der Waals surface area (Å²) in [6.07, 6.45) is 5.99. The number of benzene rings is 1. The molecule has 2 rings (SSSR count). The molecule has 27 heavy (non-hydrogen) atoms. The van der Waals surface area contributed by atoms with Crippen LogP contribution in [-0.2, 0) is 0 Å². The van der Waals surface area contributed by atoms with Crippen molar-refractivity contribution in [2.75, 3.05) is 11.9 Å². The molecule has 1 aliphatic carbocycles. The van der Waals surface area contributed by atoms with E-state index in [4.69, 9.17) is 0 Å². The second-order valence-electron chi connectivity index (χ2n) is 8.79. The lowest BCUT2D eigenvalue weighted by Crippen LogP contribution is -2.33. The van der Waals surface area contributed by atoms with Crippen molar-refractivity contribution in [2.24, 2.45) is 5.92 Å². The van der Waals surface area contributed by atoms with Crippen molar-refractivity contribution in [2.45, 2.75) is 83.6 Å². The van der Waals surface area contributed by atoms with Gasteiger partial charge < -0.3 is 10.6 Å². The molecule has 152 valence electrons. The molecule has 1 aliphatic rings. The normalized spacial score (nSPS) is 21.5. The van der Waals surface area contributed by atoms with E-state index in [9.17, 15) is 4.79 Å². The molecule has 0 radical (unpaired) electrons. The van der Waals surface area contributed by atoms with E-state index >= 15 is 0 Å². The Morgan fingerprint density at radius 3 is 2.33 bits per heavy atom. The number of amides is 1. The summed E-state index contributed by atoms with van der Waals surface area (Å²) in [4.78, 5) is 12.1. The van der Waals surface area contributed by atoms with Crippen molar-refractivity contribution in [3.05, 3.63) is 29.8 Å². The highest BCUT2D eigenvalue weighted by Crippen LogP contribution is 2.28. The van der Waals surface area contributed by atoms with Gasteiger partial charge in [0.05, 0.1) is 0 Å². The highest BCUT2D eigenvalue weighted by atomic mass is 32.2. The van der Waals surface area contributed by atoms with Crippen LogP contribution < -0.4 is 15.4 Å². The molecule has 1 unspecified atom stereocenters. The zero-order valence-electron chi connectivity index (χ0n) is 17.6. The van der Waals surface area contributed by atoms with Crippen LogP contribution in [0.15, 0.2) is 24.3 Å². The van der Waals surface area contributed by atoms with Crippen molar-refractivity contribution in [1.82, 2.24) is 10.0 Å². The molecule has 0 aromatic heterocycles. The Balaban J connectivity index is 1.71. The number of carbonyl (C=O) groups excluding carboxylic acids is 1. The fourth-order valence-electron chi connectivity index (χ4n) is 3.16. The Hall–Kier alpha value is -1.20. The average Bonchev–Trinajstić information content (AvgIpc) is 2.65. The van der Waals surface area contributed by atoms with Gasteiger partial charge in [-0.2, -0.15) is 0 Å². The molecule has 1 fully saturated rings. The van der Waals surface area contributed by atoms with Gasteiger partial charge >= 0.3 is 0 Å². The Morgan fingerprint density at radius 1 is 1.15 bits per heavy atom. The Labute approximate surface area is 169 Å².